The summed E-state index contributed by atoms with van der Waals surface area (Å²) in [5.74, 6) is 1.12. The lowest BCUT2D eigenvalue weighted by molar-refractivity contribution is 0.00578. The predicted molar refractivity (Wildman–Crippen MR) is 78.4 cm³/mol. The van der Waals surface area contributed by atoms with Crippen molar-refractivity contribution in [3.63, 3.8) is 0 Å². The lowest BCUT2D eigenvalue weighted by Crippen LogP contribution is -2.41. The summed E-state index contributed by atoms with van der Waals surface area (Å²) >= 11 is 0. The van der Waals surface area contributed by atoms with Crippen LogP contribution in [0.1, 0.15) is 51.2 Å². The van der Waals surface area contributed by atoms with Crippen LogP contribution in [0.3, 0.4) is 0 Å². The number of aryl methyl sites for hydroxylation is 1. The molecule has 3 heteroatoms. The van der Waals surface area contributed by atoms with Crippen molar-refractivity contribution < 1.29 is 9.31 Å². The average Bonchev–Trinajstić information content (AvgIpc) is 3.03. The third kappa shape index (κ3) is 2.13. The van der Waals surface area contributed by atoms with E-state index in [4.69, 9.17) is 9.31 Å². The minimum atomic E-state index is -0.212. The van der Waals surface area contributed by atoms with Crippen LogP contribution < -0.4 is 0 Å². The first-order valence-corrected chi connectivity index (χ1v) is 7.23. The molecule has 19 heavy (non-hydrogen) atoms. The zero-order chi connectivity index (χ0) is 13.8. The van der Waals surface area contributed by atoms with Crippen molar-refractivity contribution in [2.45, 2.75) is 64.0 Å². The summed E-state index contributed by atoms with van der Waals surface area (Å²) in [6.07, 6.45) is 1.18. The van der Waals surface area contributed by atoms with Gasteiger partial charge in [0.05, 0.1) is 11.2 Å². The highest BCUT2D eigenvalue weighted by Gasteiger charge is 2.59. The largest absolute Gasteiger partial charge is 0.461 e. The van der Waals surface area contributed by atoms with Gasteiger partial charge in [0.1, 0.15) is 0 Å². The molecule has 2 nitrogen and oxygen atoms in total. The van der Waals surface area contributed by atoms with Gasteiger partial charge in [0.15, 0.2) is 0 Å². The minimum absolute atomic E-state index is 0.0467. The monoisotopic (exact) mass is 258 g/mol. The Morgan fingerprint density at radius 1 is 1.05 bits per heavy atom. The van der Waals surface area contributed by atoms with Gasteiger partial charge in [0.2, 0.25) is 0 Å². The van der Waals surface area contributed by atoms with E-state index in [-0.39, 0.29) is 18.3 Å². The molecule has 1 heterocycles. The van der Waals surface area contributed by atoms with Gasteiger partial charge < -0.3 is 9.31 Å². The molecular weight excluding hydrogens is 235 g/mol. The second-order valence-electron chi connectivity index (χ2n) is 6.99. The molecule has 1 aromatic rings. The molecule has 1 aliphatic heterocycles. The molecule has 1 aromatic carbocycles. The fourth-order valence-corrected chi connectivity index (χ4v) is 2.94. The van der Waals surface area contributed by atoms with Gasteiger partial charge in [0, 0.05) is 5.82 Å². The number of benzene rings is 1. The highest BCUT2D eigenvalue weighted by atomic mass is 16.7. The molecular formula is C16H23BO2. The summed E-state index contributed by atoms with van der Waals surface area (Å²) in [5.41, 5.74) is 2.42. The summed E-state index contributed by atoms with van der Waals surface area (Å²) in [5, 5.41) is 0. The van der Waals surface area contributed by atoms with Crippen molar-refractivity contribution in [2.24, 2.45) is 0 Å². The van der Waals surface area contributed by atoms with Gasteiger partial charge in [-0.05, 0) is 58.1 Å². The molecule has 1 saturated carbocycles. The van der Waals surface area contributed by atoms with Crippen molar-refractivity contribution in [3.8, 4) is 0 Å². The van der Waals surface area contributed by atoms with Crippen molar-refractivity contribution in [2.75, 3.05) is 0 Å². The molecule has 0 aromatic heterocycles. The Labute approximate surface area is 116 Å². The van der Waals surface area contributed by atoms with Crippen LogP contribution in [0.5, 0.6) is 0 Å². The molecule has 3 rings (SSSR count). The van der Waals surface area contributed by atoms with Gasteiger partial charge in [-0.2, -0.15) is 0 Å². The van der Waals surface area contributed by atoms with Crippen molar-refractivity contribution in [1.82, 2.24) is 0 Å². The van der Waals surface area contributed by atoms with E-state index in [1.54, 1.807) is 0 Å². The van der Waals surface area contributed by atoms with E-state index in [1.807, 2.05) is 0 Å². The maximum absolute atomic E-state index is 6.16. The molecule has 1 saturated heterocycles. The van der Waals surface area contributed by atoms with Gasteiger partial charge in [0.25, 0.3) is 0 Å². The molecule has 2 aliphatic rings. The zero-order valence-corrected chi connectivity index (χ0v) is 12.6. The van der Waals surface area contributed by atoms with E-state index in [0.717, 1.165) is 0 Å². The number of hydrogen-bond acceptors (Lipinski definition) is 2. The number of rotatable bonds is 2. The second-order valence-corrected chi connectivity index (χ2v) is 6.99. The quantitative estimate of drug-likeness (QED) is 0.748. The van der Waals surface area contributed by atoms with E-state index in [9.17, 15) is 0 Å². The molecule has 0 spiro atoms. The highest BCUT2D eigenvalue weighted by Crippen LogP contribution is 2.58. The lowest BCUT2D eigenvalue weighted by atomic mass is 9.79. The normalized spacial score (nSPS) is 31.5. The highest BCUT2D eigenvalue weighted by molar-refractivity contribution is 6.49. The molecule has 2 atom stereocenters. The van der Waals surface area contributed by atoms with Crippen molar-refractivity contribution >= 4 is 7.12 Å². The lowest BCUT2D eigenvalue weighted by Gasteiger charge is -2.32. The first-order chi connectivity index (χ1) is 8.82. The smallest absolute Gasteiger partial charge is 0.403 e. The SMILES string of the molecule is Cc1ccccc1[C@@H]1C[C@H]1B1OC(C)(C)C(C)(C)O1. The Kier molecular flexibility index (Phi) is 2.85. The summed E-state index contributed by atoms with van der Waals surface area (Å²) in [4.78, 5) is 0. The Balaban J connectivity index is 1.74. The van der Waals surface area contributed by atoms with E-state index in [1.165, 1.54) is 17.5 Å². The van der Waals surface area contributed by atoms with Crippen molar-refractivity contribution in [3.05, 3.63) is 35.4 Å². The van der Waals surface area contributed by atoms with Crippen molar-refractivity contribution in [1.29, 1.82) is 0 Å². The van der Waals surface area contributed by atoms with Crippen LogP contribution in [-0.2, 0) is 9.31 Å². The van der Waals surface area contributed by atoms with Crippen LogP contribution in [0.25, 0.3) is 0 Å². The first kappa shape index (κ1) is 13.2. The van der Waals surface area contributed by atoms with Gasteiger partial charge in [-0.1, -0.05) is 24.3 Å². The molecule has 1 aliphatic carbocycles. The van der Waals surface area contributed by atoms with Crippen LogP contribution in [-0.4, -0.2) is 18.3 Å². The molecule has 0 bridgehead atoms. The minimum Gasteiger partial charge on any atom is -0.403 e. The van der Waals surface area contributed by atoms with E-state index < -0.39 is 0 Å². The second kappa shape index (κ2) is 4.10. The molecule has 0 amide bonds. The van der Waals surface area contributed by atoms with Gasteiger partial charge in [-0.25, -0.2) is 0 Å². The third-order valence-corrected chi connectivity index (χ3v) is 5.05. The van der Waals surface area contributed by atoms with Crippen LogP contribution in [0.4, 0.5) is 0 Å². The summed E-state index contributed by atoms with van der Waals surface area (Å²) in [6.45, 7) is 10.7. The summed E-state index contributed by atoms with van der Waals surface area (Å²) < 4.78 is 12.3. The number of hydrogen-bond donors (Lipinski definition) is 0. The average molecular weight is 258 g/mol. The predicted octanol–water partition coefficient (Wildman–Crippen LogP) is 3.94. The molecule has 102 valence electrons. The Morgan fingerprint density at radius 3 is 2.21 bits per heavy atom. The van der Waals surface area contributed by atoms with Crippen LogP contribution in [0.2, 0.25) is 5.82 Å². The maximum Gasteiger partial charge on any atom is 0.461 e. The Bertz CT molecular complexity index is 479. The maximum atomic E-state index is 6.16. The molecule has 0 N–H and O–H groups in total. The first-order valence-electron chi connectivity index (χ1n) is 7.23. The van der Waals surface area contributed by atoms with Gasteiger partial charge in [-0.15, -0.1) is 0 Å². The molecule has 0 unspecified atom stereocenters. The summed E-state index contributed by atoms with van der Waals surface area (Å²) in [6, 6.07) is 8.66. The van der Waals surface area contributed by atoms with E-state index in [2.05, 4.69) is 58.9 Å². The van der Waals surface area contributed by atoms with Gasteiger partial charge >= 0.3 is 7.12 Å². The zero-order valence-electron chi connectivity index (χ0n) is 12.6. The molecule has 2 fully saturated rings. The van der Waals surface area contributed by atoms with E-state index >= 15 is 0 Å². The van der Waals surface area contributed by atoms with Crippen LogP contribution in [0, 0.1) is 6.92 Å². The molecule has 0 radical (unpaired) electrons. The van der Waals surface area contributed by atoms with Crippen LogP contribution >= 0.6 is 0 Å². The van der Waals surface area contributed by atoms with Crippen LogP contribution in [0.15, 0.2) is 24.3 Å². The summed E-state index contributed by atoms with van der Waals surface area (Å²) in [7, 11) is -0.0467. The fraction of sp³-hybridized carbons (Fsp3) is 0.625. The standard InChI is InChI=1S/C16H23BO2/c1-11-8-6-7-9-12(11)13-10-14(13)17-18-15(2,3)16(4,5)19-17/h6-9,13-14H,10H2,1-5H3/t13-,14+/m0/s1. The fourth-order valence-electron chi connectivity index (χ4n) is 2.94. The Hall–Kier alpha value is -0.795. The van der Waals surface area contributed by atoms with Gasteiger partial charge in [-0.3, -0.25) is 0 Å². The van der Waals surface area contributed by atoms with E-state index in [0.29, 0.717) is 11.7 Å². The Morgan fingerprint density at radius 2 is 1.63 bits per heavy atom. The topological polar surface area (TPSA) is 18.5 Å². The third-order valence-electron chi connectivity index (χ3n) is 5.05.